The van der Waals surface area contributed by atoms with E-state index < -0.39 is 6.10 Å². The number of rotatable bonds is 8. The van der Waals surface area contributed by atoms with Gasteiger partial charge in [-0.1, -0.05) is 0 Å². The van der Waals surface area contributed by atoms with Gasteiger partial charge in [0.25, 0.3) is 5.91 Å². The van der Waals surface area contributed by atoms with E-state index in [1.165, 1.54) is 12.0 Å². The predicted molar refractivity (Wildman–Crippen MR) is 63.6 cm³/mol. The summed E-state index contributed by atoms with van der Waals surface area (Å²) in [5, 5.41) is 2.71. The van der Waals surface area contributed by atoms with Crippen molar-refractivity contribution < 1.29 is 19.1 Å². The quantitative estimate of drug-likeness (QED) is 0.593. The third-order valence-electron chi connectivity index (χ3n) is 2.31. The molecule has 6 nitrogen and oxygen atoms in total. The predicted octanol–water partition coefficient (Wildman–Crippen LogP) is -0.368. The van der Waals surface area contributed by atoms with Crippen LogP contribution >= 0.6 is 0 Å². The highest BCUT2D eigenvalue weighted by atomic mass is 16.5. The minimum atomic E-state index is -0.527. The van der Waals surface area contributed by atoms with Gasteiger partial charge in [0.2, 0.25) is 5.91 Å². The molecule has 0 aliphatic carbocycles. The van der Waals surface area contributed by atoms with Crippen molar-refractivity contribution in [1.82, 2.24) is 10.2 Å². The maximum atomic E-state index is 11.6. The molecule has 0 aromatic heterocycles. The van der Waals surface area contributed by atoms with Gasteiger partial charge in [-0.25, -0.2) is 0 Å². The van der Waals surface area contributed by atoms with Gasteiger partial charge in [-0.3, -0.25) is 9.59 Å². The molecule has 0 spiro atoms. The summed E-state index contributed by atoms with van der Waals surface area (Å²) in [6, 6.07) is 0. The fraction of sp³-hybridized carbons (Fsp3) is 0.818. The van der Waals surface area contributed by atoms with Crippen LogP contribution in [0.3, 0.4) is 0 Å². The van der Waals surface area contributed by atoms with Crippen LogP contribution in [-0.4, -0.2) is 63.8 Å². The van der Waals surface area contributed by atoms with Crippen molar-refractivity contribution in [2.45, 2.75) is 19.4 Å². The van der Waals surface area contributed by atoms with E-state index >= 15 is 0 Å². The van der Waals surface area contributed by atoms with E-state index in [1.807, 2.05) is 0 Å². The number of likely N-dealkylation sites (N-methyl/N-ethyl adjacent to an activating group) is 1. The normalized spacial score (nSPS) is 12.0. The van der Waals surface area contributed by atoms with E-state index in [1.54, 1.807) is 21.1 Å². The molecule has 2 amide bonds. The van der Waals surface area contributed by atoms with Crippen LogP contribution in [0.4, 0.5) is 0 Å². The summed E-state index contributed by atoms with van der Waals surface area (Å²) in [6.07, 6.45) is 0.232. The maximum absolute atomic E-state index is 11.6. The van der Waals surface area contributed by atoms with Crippen molar-refractivity contribution in [2.24, 2.45) is 0 Å². The Morgan fingerprint density at radius 1 is 1.35 bits per heavy atom. The number of carbonyl (C=O) groups excluding carboxylic acids is 2. The highest BCUT2D eigenvalue weighted by molar-refractivity contribution is 5.86. The molecule has 0 saturated heterocycles. The van der Waals surface area contributed by atoms with Gasteiger partial charge in [-0.05, 0) is 13.3 Å². The number of ether oxygens (including phenoxy) is 2. The molecule has 0 rings (SSSR count). The van der Waals surface area contributed by atoms with Crippen LogP contribution in [0.25, 0.3) is 0 Å². The van der Waals surface area contributed by atoms with Gasteiger partial charge in [-0.15, -0.1) is 0 Å². The second-order valence-corrected chi connectivity index (χ2v) is 3.77. The van der Waals surface area contributed by atoms with Gasteiger partial charge < -0.3 is 19.7 Å². The van der Waals surface area contributed by atoms with Crippen LogP contribution in [0.5, 0.6) is 0 Å². The number of nitrogens with one attached hydrogen (secondary N) is 1. The van der Waals surface area contributed by atoms with Gasteiger partial charge in [0.05, 0.1) is 6.54 Å². The van der Waals surface area contributed by atoms with Gasteiger partial charge in [0.15, 0.2) is 0 Å². The molecule has 17 heavy (non-hydrogen) atoms. The summed E-state index contributed by atoms with van der Waals surface area (Å²) < 4.78 is 9.74. The Morgan fingerprint density at radius 2 is 2.00 bits per heavy atom. The SMILES string of the molecule is COCCCNC(=O)CN(C)C(=O)C(C)OC. The fourth-order valence-electron chi connectivity index (χ4n) is 1.20. The van der Waals surface area contributed by atoms with Gasteiger partial charge in [-0.2, -0.15) is 0 Å². The van der Waals surface area contributed by atoms with E-state index in [0.29, 0.717) is 13.2 Å². The molecule has 0 aromatic rings. The molecule has 1 N–H and O–H groups in total. The summed E-state index contributed by atoms with van der Waals surface area (Å²) in [5.41, 5.74) is 0. The minimum Gasteiger partial charge on any atom is -0.385 e. The van der Waals surface area contributed by atoms with Crippen LogP contribution in [0.2, 0.25) is 0 Å². The minimum absolute atomic E-state index is 0.0412. The first-order valence-electron chi connectivity index (χ1n) is 5.56. The Bertz CT molecular complexity index is 246. The Kier molecular flexibility index (Phi) is 8.35. The lowest BCUT2D eigenvalue weighted by Gasteiger charge is -2.19. The topological polar surface area (TPSA) is 67.9 Å². The highest BCUT2D eigenvalue weighted by Gasteiger charge is 2.18. The van der Waals surface area contributed by atoms with Crippen molar-refractivity contribution in [2.75, 3.05) is 41.0 Å². The zero-order valence-electron chi connectivity index (χ0n) is 11.0. The molecule has 0 aliphatic heterocycles. The lowest BCUT2D eigenvalue weighted by molar-refractivity contribution is -0.142. The van der Waals surface area contributed by atoms with Gasteiger partial charge >= 0.3 is 0 Å². The third kappa shape index (κ3) is 6.91. The van der Waals surface area contributed by atoms with Crippen molar-refractivity contribution in [1.29, 1.82) is 0 Å². The van der Waals surface area contributed by atoms with Crippen molar-refractivity contribution in [3.63, 3.8) is 0 Å². The zero-order valence-corrected chi connectivity index (χ0v) is 11.0. The number of hydrogen-bond acceptors (Lipinski definition) is 4. The van der Waals surface area contributed by atoms with E-state index in [0.717, 1.165) is 6.42 Å². The number of carbonyl (C=O) groups is 2. The smallest absolute Gasteiger partial charge is 0.251 e. The molecule has 1 unspecified atom stereocenters. The second kappa shape index (κ2) is 8.95. The van der Waals surface area contributed by atoms with Crippen LogP contribution in [-0.2, 0) is 19.1 Å². The number of hydrogen-bond donors (Lipinski definition) is 1. The Hall–Kier alpha value is -1.14. The van der Waals surface area contributed by atoms with Gasteiger partial charge in [0.1, 0.15) is 6.10 Å². The lowest BCUT2D eigenvalue weighted by atomic mass is 10.3. The lowest BCUT2D eigenvalue weighted by Crippen LogP contribution is -2.42. The molecule has 0 heterocycles. The third-order valence-corrected chi connectivity index (χ3v) is 2.31. The van der Waals surface area contributed by atoms with E-state index in [2.05, 4.69) is 5.32 Å². The number of amides is 2. The molecule has 0 bridgehead atoms. The zero-order chi connectivity index (χ0) is 13.3. The summed E-state index contributed by atoms with van der Waals surface area (Å²) >= 11 is 0. The molecule has 0 aliphatic rings. The van der Waals surface area contributed by atoms with E-state index in [-0.39, 0.29) is 18.4 Å². The van der Waals surface area contributed by atoms with Crippen LogP contribution in [0.1, 0.15) is 13.3 Å². The summed E-state index contributed by atoms with van der Waals surface area (Å²) in [5.74, 6) is -0.389. The van der Waals surface area contributed by atoms with E-state index in [9.17, 15) is 9.59 Å². The summed E-state index contributed by atoms with van der Waals surface area (Å²) in [6.45, 7) is 2.85. The summed E-state index contributed by atoms with van der Waals surface area (Å²) in [4.78, 5) is 24.4. The summed E-state index contributed by atoms with van der Waals surface area (Å²) in [7, 11) is 4.65. The van der Waals surface area contributed by atoms with Crippen molar-refractivity contribution in [3.05, 3.63) is 0 Å². The number of nitrogens with zero attached hydrogens (tertiary/aromatic N) is 1. The monoisotopic (exact) mass is 246 g/mol. The fourth-order valence-corrected chi connectivity index (χ4v) is 1.20. The first-order valence-corrected chi connectivity index (χ1v) is 5.56. The molecule has 1 atom stereocenters. The van der Waals surface area contributed by atoms with Crippen LogP contribution in [0, 0.1) is 0 Å². The largest absolute Gasteiger partial charge is 0.385 e. The molecular weight excluding hydrogens is 224 g/mol. The second-order valence-electron chi connectivity index (χ2n) is 3.77. The van der Waals surface area contributed by atoms with Crippen LogP contribution < -0.4 is 5.32 Å². The van der Waals surface area contributed by atoms with Crippen molar-refractivity contribution >= 4 is 11.8 Å². The standard InChI is InChI=1S/C11H22N2O4/c1-9(17-4)11(15)13(2)8-10(14)12-6-5-7-16-3/h9H,5-8H2,1-4H3,(H,12,14). The molecule has 0 fully saturated rings. The molecular formula is C11H22N2O4. The molecule has 0 radical (unpaired) electrons. The first-order chi connectivity index (χ1) is 8.02. The average Bonchev–Trinajstić information content (AvgIpc) is 2.32. The van der Waals surface area contributed by atoms with Crippen LogP contribution in [0.15, 0.2) is 0 Å². The van der Waals surface area contributed by atoms with E-state index in [4.69, 9.17) is 9.47 Å². The highest BCUT2D eigenvalue weighted by Crippen LogP contribution is 1.95. The average molecular weight is 246 g/mol. The van der Waals surface area contributed by atoms with Crippen molar-refractivity contribution in [3.8, 4) is 0 Å². The molecule has 0 saturated carbocycles. The maximum Gasteiger partial charge on any atom is 0.251 e. The molecule has 100 valence electrons. The molecule has 6 heteroatoms. The number of methoxy groups -OCH3 is 2. The van der Waals surface area contributed by atoms with Gasteiger partial charge in [0, 0.05) is 34.4 Å². The Balaban J connectivity index is 3.83. The molecule has 0 aromatic carbocycles. The Morgan fingerprint density at radius 3 is 2.53 bits per heavy atom. The Labute approximate surface area is 102 Å². The first kappa shape index (κ1) is 15.9.